The third kappa shape index (κ3) is 4.42. The number of aromatic nitrogens is 3. The van der Waals surface area contributed by atoms with Crippen molar-refractivity contribution in [3.05, 3.63) is 29.7 Å². The van der Waals surface area contributed by atoms with Crippen LogP contribution in [-0.4, -0.2) is 43.9 Å². The van der Waals surface area contributed by atoms with Crippen LogP contribution >= 0.6 is 0 Å². The van der Waals surface area contributed by atoms with Crippen molar-refractivity contribution in [2.75, 3.05) is 30.3 Å². The van der Waals surface area contributed by atoms with Gasteiger partial charge in [0.05, 0.1) is 23.3 Å². The van der Waals surface area contributed by atoms with Crippen molar-refractivity contribution in [1.82, 2.24) is 15.2 Å². The molecule has 0 saturated carbocycles. The molecule has 8 nitrogen and oxygen atoms in total. The zero-order chi connectivity index (χ0) is 16.9. The number of sulfonamides is 1. The largest absolute Gasteiger partial charge is 0.385 e. The molecule has 3 N–H and O–H groups in total. The molecule has 0 aliphatic carbocycles. The van der Waals surface area contributed by atoms with Gasteiger partial charge in [-0.05, 0) is 32.4 Å². The van der Waals surface area contributed by atoms with Crippen LogP contribution in [0.3, 0.4) is 0 Å². The average molecular weight is 339 g/mol. The van der Waals surface area contributed by atoms with Crippen molar-refractivity contribution in [3.63, 3.8) is 0 Å². The van der Waals surface area contributed by atoms with Crippen LogP contribution in [0.15, 0.2) is 23.2 Å². The van der Waals surface area contributed by atoms with E-state index in [2.05, 4.69) is 25.2 Å². The highest BCUT2D eigenvalue weighted by Gasteiger charge is 2.22. The maximum atomic E-state index is 12.4. The van der Waals surface area contributed by atoms with E-state index in [4.69, 9.17) is 4.74 Å². The summed E-state index contributed by atoms with van der Waals surface area (Å²) in [5, 5.41) is 9.71. The van der Waals surface area contributed by atoms with Crippen molar-refractivity contribution in [2.24, 2.45) is 0 Å². The zero-order valence-electron chi connectivity index (χ0n) is 13.4. The molecule has 0 unspecified atom stereocenters. The molecule has 2 aromatic rings. The minimum Gasteiger partial charge on any atom is -0.385 e. The maximum Gasteiger partial charge on any atom is 0.265 e. The minimum atomic E-state index is -3.69. The summed E-state index contributed by atoms with van der Waals surface area (Å²) in [6.07, 6.45) is 2.34. The third-order valence-electron chi connectivity index (χ3n) is 3.18. The van der Waals surface area contributed by atoms with Crippen LogP contribution in [0, 0.1) is 13.8 Å². The van der Waals surface area contributed by atoms with Crippen molar-refractivity contribution >= 4 is 21.5 Å². The number of anilines is 2. The Labute approximate surface area is 135 Å². The predicted octanol–water partition coefficient (Wildman–Crippen LogP) is 1.67. The van der Waals surface area contributed by atoms with E-state index in [0.717, 1.165) is 13.0 Å². The van der Waals surface area contributed by atoms with Gasteiger partial charge in [0.2, 0.25) is 0 Å². The molecule has 0 aromatic carbocycles. The number of nitrogens with zero attached hydrogens (tertiary/aromatic N) is 2. The Kier molecular flexibility index (Phi) is 5.56. The van der Waals surface area contributed by atoms with Crippen molar-refractivity contribution < 1.29 is 13.2 Å². The lowest BCUT2D eigenvalue weighted by Crippen LogP contribution is -2.15. The van der Waals surface area contributed by atoms with E-state index in [1.165, 1.54) is 6.20 Å². The van der Waals surface area contributed by atoms with Gasteiger partial charge in [0.25, 0.3) is 10.0 Å². The van der Waals surface area contributed by atoms with Gasteiger partial charge in [0.15, 0.2) is 0 Å². The Morgan fingerprint density at radius 3 is 2.65 bits per heavy atom. The molecule has 0 fully saturated rings. The number of rotatable bonds is 8. The van der Waals surface area contributed by atoms with Gasteiger partial charge in [0.1, 0.15) is 10.7 Å². The number of ether oxygens (including phenoxy) is 1. The molecule has 0 aliphatic heterocycles. The average Bonchev–Trinajstić information content (AvgIpc) is 2.85. The fraction of sp³-hybridized carbons (Fsp3) is 0.429. The molecule has 0 radical (unpaired) electrons. The van der Waals surface area contributed by atoms with E-state index in [1.54, 1.807) is 33.1 Å². The third-order valence-corrected chi connectivity index (χ3v) is 4.82. The van der Waals surface area contributed by atoms with Crippen LogP contribution < -0.4 is 10.0 Å². The molecule has 126 valence electrons. The van der Waals surface area contributed by atoms with Crippen LogP contribution in [0.4, 0.5) is 11.5 Å². The van der Waals surface area contributed by atoms with Gasteiger partial charge >= 0.3 is 0 Å². The van der Waals surface area contributed by atoms with Crippen LogP contribution in [0.2, 0.25) is 0 Å². The van der Waals surface area contributed by atoms with Crippen LogP contribution in [0.5, 0.6) is 0 Å². The smallest absolute Gasteiger partial charge is 0.265 e. The minimum absolute atomic E-state index is 0.166. The molecule has 2 aromatic heterocycles. The van der Waals surface area contributed by atoms with Crippen LogP contribution in [0.25, 0.3) is 0 Å². The molecule has 0 atom stereocenters. The summed E-state index contributed by atoms with van der Waals surface area (Å²) in [7, 11) is -2.03. The summed E-state index contributed by atoms with van der Waals surface area (Å²) in [4.78, 5) is 4.35. The number of aromatic amines is 1. The molecule has 0 amide bonds. The number of hydrogen-bond donors (Lipinski definition) is 3. The van der Waals surface area contributed by atoms with E-state index in [-0.39, 0.29) is 4.90 Å². The molecule has 0 saturated heterocycles. The van der Waals surface area contributed by atoms with E-state index in [0.29, 0.717) is 29.5 Å². The second-order valence-electron chi connectivity index (χ2n) is 5.07. The first-order valence-corrected chi connectivity index (χ1v) is 8.65. The Morgan fingerprint density at radius 1 is 1.30 bits per heavy atom. The fourth-order valence-corrected chi connectivity index (χ4v) is 3.55. The fourth-order valence-electron chi connectivity index (χ4n) is 2.13. The van der Waals surface area contributed by atoms with Crippen molar-refractivity contribution in [3.8, 4) is 0 Å². The number of hydrogen-bond acceptors (Lipinski definition) is 6. The summed E-state index contributed by atoms with van der Waals surface area (Å²) in [5.74, 6) is 0.680. The van der Waals surface area contributed by atoms with E-state index in [9.17, 15) is 8.42 Å². The molecule has 9 heteroatoms. The lowest BCUT2D eigenvalue weighted by atomic mass is 10.4. The lowest BCUT2D eigenvalue weighted by Gasteiger charge is -2.09. The van der Waals surface area contributed by atoms with Gasteiger partial charge in [-0.1, -0.05) is 0 Å². The normalized spacial score (nSPS) is 11.4. The van der Waals surface area contributed by atoms with Crippen molar-refractivity contribution in [2.45, 2.75) is 25.2 Å². The second-order valence-corrected chi connectivity index (χ2v) is 6.69. The van der Waals surface area contributed by atoms with Gasteiger partial charge in [0, 0.05) is 20.3 Å². The van der Waals surface area contributed by atoms with Gasteiger partial charge in [-0.2, -0.15) is 5.10 Å². The number of nitrogens with one attached hydrogen (secondary N) is 3. The summed E-state index contributed by atoms with van der Waals surface area (Å²) < 4.78 is 32.3. The SMILES string of the molecule is COCCCNc1ccc(NS(=O)(=O)c2c(C)n[nH]c2C)cn1. The van der Waals surface area contributed by atoms with E-state index < -0.39 is 10.0 Å². The Balaban J connectivity index is 2.03. The molecule has 23 heavy (non-hydrogen) atoms. The quantitative estimate of drug-likeness (QED) is 0.631. The van der Waals surface area contributed by atoms with E-state index in [1.807, 2.05) is 0 Å². The van der Waals surface area contributed by atoms with Gasteiger partial charge < -0.3 is 10.1 Å². The molecule has 2 heterocycles. The monoisotopic (exact) mass is 339 g/mol. The van der Waals surface area contributed by atoms with Crippen LogP contribution in [-0.2, 0) is 14.8 Å². The summed E-state index contributed by atoms with van der Waals surface area (Å²) in [5.41, 5.74) is 1.33. The maximum absolute atomic E-state index is 12.4. The number of H-pyrrole nitrogens is 1. The van der Waals surface area contributed by atoms with E-state index >= 15 is 0 Å². The van der Waals surface area contributed by atoms with Crippen molar-refractivity contribution in [1.29, 1.82) is 0 Å². The van der Waals surface area contributed by atoms with Crippen LogP contribution in [0.1, 0.15) is 17.8 Å². The second kappa shape index (κ2) is 7.42. The predicted molar refractivity (Wildman–Crippen MR) is 88.1 cm³/mol. The Morgan fingerprint density at radius 2 is 2.09 bits per heavy atom. The first kappa shape index (κ1) is 17.2. The molecular weight excluding hydrogens is 318 g/mol. The molecule has 0 bridgehead atoms. The number of aryl methyl sites for hydroxylation is 2. The molecule has 2 rings (SSSR count). The molecule has 0 aliphatic rings. The highest BCUT2D eigenvalue weighted by atomic mass is 32.2. The zero-order valence-corrected chi connectivity index (χ0v) is 14.2. The summed E-state index contributed by atoms with van der Waals surface area (Å²) in [6, 6.07) is 3.38. The standard InChI is InChI=1S/C14H21N5O3S/c1-10-14(11(2)18-17-10)23(20,21)19-12-5-6-13(16-9-12)15-7-4-8-22-3/h5-6,9,19H,4,7-8H2,1-3H3,(H,15,16)(H,17,18). The Bertz CT molecular complexity index is 721. The molecule has 0 spiro atoms. The summed E-state index contributed by atoms with van der Waals surface area (Å²) >= 11 is 0. The van der Waals surface area contributed by atoms with Gasteiger partial charge in [-0.15, -0.1) is 0 Å². The summed E-state index contributed by atoms with van der Waals surface area (Å²) in [6.45, 7) is 4.72. The highest BCUT2D eigenvalue weighted by Crippen LogP contribution is 2.20. The topological polar surface area (TPSA) is 109 Å². The number of pyridine rings is 1. The Hall–Kier alpha value is -2.13. The first-order chi connectivity index (χ1) is 10.9. The number of methoxy groups -OCH3 is 1. The molecular formula is C14H21N5O3S. The van der Waals surface area contributed by atoms with Gasteiger partial charge in [-0.25, -0.2) is 13.4 Å². The van der Waals surface area contributed by atoms with Gasteiger partial charge in [-0.3, -0.25) is 9.82 Å². The lowest BCUT2D eigenvalue weighted by molar-refractivity contribution is 0.198. The highest BCUT2D eigenvalue weighted by molar-refractivity contribution is 7.92. The first-order valence-electron chi connectivity index (χ1n) is 7.17.